The molecule has 178 valence electrons. The summed E-state index contributed by atoms with van der Waals surface area (Å²) in [6, 6.07) is 16.8. The van der Waals surface area contributed by atoms with Crippen molar-refractivity contribution in [3.63, 3.8) is 0 Å². The Balaban J connectivity index is 1.62. The zero-order chi connectivity index (χ0) is 24.5. The maximum atomic E-state index is 13.6. The highest BCUT2D eigenvalue weighted by atomic mass is 127. The van der Waals surface area contributed by atoms with Gasteiger partial charge in [-0.05, 0) is 24.3 Å². The van der Waals surface area contributed by atoms with Crippen LogP contribution < -0.4 is 4.90 Å². The first-order valence-corrected chi connectivity index (χ1v) is 12.0. The minimum atomic E-state index is -0.934. The number of alkyl halides is 1. The van der Waals surface area contributed by atoms with Gasteiger partial charge in [0, 0.05) is 11.1 Å². The Kier molecular flexibility index (Phi) is 6.56. The van der Waals surface area contributed by atoms with Gasteiger partial charge in [0.2, 0.25) is 0 Å². The van der Waals surface area contributed by atoms with Crippen LogP contribution >= 0.6 is 22.6 Å². The monoisotopic (exact) mass is 585 g/mol. The van der Waals surface area contributed by atoms with Crippen molar-refractivity contribution in [3.8, 4) is 0 Å². The number of ether oxygens (including phenoxy) is 1. The third-order valence-corrected chi connectivity index (χ3v) is 7.28. The van der Waals surface area contributed by atoms with E-state index in [-0.39, 0.29) is 27.5 Å². The lowest BCUT2D eigenvalue weighted by molar-refractivity contribution is -0.0486. The number of imidazole rings is 1. The second-order valence-corrected chi connectivity index (χ2v) is 9.32. The van der Waals surface area contributed by atoms with E-state index in [4.69, 9.17) is 4.74 Å². The van der Waals surface area contributed by atoms with Crippen molar-refractivity contribution >= 4 is 51.4 Å². The average Bonchev–Trinajstić information content (AvgIpc) is 3.46. The number of hydrogen-bond acceptors (Lipinski definition) is 8. The van der Waals surface area contributed by atoms with Gasteiger partial charge in [-0.2, -0.15) is 0 Å². The van der Waals surface area contributed by atoms with Gasteiger partial charge in [0.15, 0.2) is 23.2 Å². The van der Waals surface area contributed by atoms with Crippen LogP contribution in [0.15, 0.2) is 73.3 Å². The number of carbonyl (C=O) groups excluding carboxylic acids is 2. The highest BCUT2D eigenvalue weighted by Crippen LogP contribution is 2.36. The summed E-state index contributed by atoms with van der Waals surface area (Å²) in [5.41, 5.74) is 1.06. The maximum Gasteiger partial charge on any atom is 0.266 e. The van der Waals surface area contributed by atoms with Crippen LogP contribution in [-0.2, 0) is 4.74 Å². The van der Waals surface area contributed by atoms with Crippen molar-refractivity contribution in [2.75, 3.05) is 11.5 Å². The summed E-state index contributed by atoms with van der Waals surface area (Å²) >= 11 is 2.03. The van der Waals surface area contributed by atoms with E-state index < -0.39 is 30.3 Å². The zero-order valence-corrected chi connectivity index (χ0v) is 20.3. The Morgan fingerprint density at radius 1 is 0.971 bits per heavy atom. The number of rotatable bonds is 5. The second kappa shape index (κ2) is 9.77. The molecule has 1 aliphatic rings. The molecule has 4 atom stereocenters. The summed E-state index contributed by atoms with van der Waals surface area (Å²) < 4.78 is 7.00. The Morgan fingerprint density at radius 3 is 2.11 bits per heavy atom. The number of benzene rings is 2. The van der Waals surface area contributed by atoms with Crippen molar-refractivity contribution in [2.24, 2.45) is 0 Å². The van der Waals surface area contributed by atoms with Crippen molar-refractivity contribution in [2.45, 2.75) is 22.4 Å². The number of imide groups is 1. The molecule has 0 bridgehead atoms. The highest BCUT2D eigenvalue weighted by molar-refractivity contribution is 14.1. The largest absolute Gasteiger partial charge is 0.394 e. The lowest BCUT2D eigenvalue weighted by atomic mass is 10.1. The SMILES string of the molecule is O=C(c1ccccc1)N(C(=O)c1ccccc1)c1ncnc2c1ncn2[C@@H]1O[C@H](CO)[C@H](I)[C@H]1O. The molecule has 11 heteroatoms. The predicted octanol–water partition coefficient (Wildman–Crippen LogP) is 2.37. The number of carbonyl (C=O) groups is 2. The molecule has 35 heavy (non-hydrogen) atoms. The van der Waals surface area contributed by atoms with Gasteiger partial charge in [0.1, 0.15) is 12.4 Å². The quantitative estimate of drug-likeness (QED) is 0.208. The number of fused-ring (bicyclic) bond motifs is 1. The molecule has 10 nitrogen and oxygen atoms in total. The van der Waals surface area contributed by atoms with Crippen molar-refractivity contribution in [1.29, 1.82) is 0 Å². The van der Waals surface area contributed by atoms with Gasteiger partial charge in [-0.3, -0.25) is 14.2 Å². The van der Waals surface area contributed by atoms with Crippen LogP contribution in [0.5, 0.6) is 0 Å². The van der Waals surface area contributed by atoms with Gasteiger partial charge in [0.25, 0.3) is 11.8 Å². The summed E-state index contributed by atoms with van der Waals surface area (Å²) in [6.45, 7) is -0.251. The van der Waals surface area contributed by atoms with Gasteiger partial charge >= 0.3 is 0 Å². The first-order chi connectivity index (χ1) is 17.0. The number of nitrogens with zero attached hydrogens (tertiary/aromatic N) is 5. The van der Waals surface area contributed by atoms with Crippen molar-refractivity contribution < 1.29 is 24.5 Å². The number of aliphatic hydroxyl groups excluding tert-OH is 2. The van der Waals surface area contributed by atoms with Gasteiger partial charge < -0.3 is 14.9 Å². The van der Waals surface area contributed by atoms with E-state index in [1.165, 1.54) is 17.2 Å². The Bertz CT molecular complexity index is 1320. The fourth-order valence-corrected chi connectivity index (χ4v) is 4.73. The fourth-order valence-electron chi connectivity index (χ4n) is 3.98. The van der Waals surface area contributed by atoms with Crippen LogP contribution in [0.3, 0.4) is 0 Å². The topological polar surface area (TPSA) is 131 Å². The first-order valence-electron chi connectivity index (χ1n) is 10.8. The van der Waals surface area contributed by atoms with Crippen molar-refractivity contribution in [1.82, 2.24) is 19.5 Å². The van der Waals surface area contributed by atoms with E-state index in [0.29, 0.717) is 11.1 Å². The number of amides is 2. The number of halogens is 1. The van der Waals surface area contributed by atoms with Crippen LogP contribution in [0, 0.1) is 0 Å². The Labute approximate surface area is 213 Å². The molecule has 2 N–H and O–H groups in total. The molecule has 4 aromatic rings. The first kappa shape index (κ1) is 23.5. The molecule has 2 amide bonds. The number of aliphatic hydroxyl groups is 2. The maximum absolute atomic E-state index is 13.6. The number of hydrogen-bond donors (Lipinski definition) is 2. The molecular weight excluding hydrogens is 565 g/mol. The van der Waals surface area contributed by atoms with E-state index in [1.54, 1.807) is 60.7 Å². The predicted molar refractivity (Wildman–Crippen MR) is 134 cm³/mol. The van der Waals surface area contributed by atoms with Crippen LogP contribution in [0.4, 0.5) is 5.82 Å². The van der Waals surface area contributed by atoms with Gasteiger partial charge in [-0.1, -0.05) is 59.0 Å². The van der Waals surface area contributed by atoms with E-state index in [2.05, 4.69) is 15.0 Å². The molecule has 0 spiro atoms. The molecule has 0 aliphatic carbocycles. The molecule has 1 saturated heterocycles. The van der Waals surface area contributed by atoms with Crippen LogP contribution in [0.2, 0.25) is 0 Å². The summed E-state index contributed by atoms with van der Waals surface area (Å²) in [7, 11) is 0. The zero-order valence-electron chi connectivity index (χ0n) is 18.2. The number of anilines is 1. The Hall–Kier alpha value is -3.26. The molecule has 0 saturated carbocycles. The molecule has 3 heterocycles. The summed E-state index contributed by atoms with van der Waals surface area (Å²) in [6.07, 6.45) is 0.288. The molecule has 2 aromatic heterocycles. The summed E-state index contributed by atoms with van der Waals surface area (Å²) in [5.74, 6) is -1.13. The van der Waals surface area contributed by atoms with E-state index in [0.717, 1.165) is 4.90 Å². The smallest absolute Gasteiger partial charge is 0.266 e. The molecule has 2 aromatic carbocycles. The van der Waals surface area contributed by atoms with E-state index in [1.807, 2.05) is 22.6 Å². The minimum Gasteiger partial charge on any atom is -0.394 e. The van der Waals surface area contributed by atoms with Crippen LogP contribution in [0.25, 0.3) is 11.2 Å². The lowest BCUT2D eigenvalue weighted by Gasteiger charge is -2.21. The second-order valence-electron chi connectivity index (χ2n) is 7.88. The molecule has 1 fully saturated rings. The highest BCUT2D eigenvalue weighted by Gasteiger charge is 2.43. The molecule has 1 aliphatic heterocycles. The van der Waals surface area contributed by atoms with Crippen LogP contribution in [0.1, 0.15) is 26.9 Å². The van der Waals surface area contributed by atoms with Gasteiger partial charge in [0.05, 0.1) is 23.0 Å². The molecule has 0 unspecified atom stereocenters. The molecular formula is C24H20IN5O5. The molecule has 5 rings (SSSR count). The minimum absolute atomic E-state index is 0.00803. The Morgan fingerprint density at radius 2 is 1.57 bits per heavy atom. The summed E-state index contributed by atoms with van der Waals surface area (Å²) in [5, 5.41) is 20.3. The van der Waals surface area contributed by atoms with Gasteiger partial charge in [-0.15, -0.1) is 0 Å². The van der Waals surface area contributed by atoms with Crippen molar-refractivity contribution in [3.05, 3.63) is 84.4 Å². The summed E-state index contributed by atoms with van der Waals surface area (Å²) in [4.78, 5) is 41.0. The van der Waals surface area contributed by atoms with E-state index in [9.17, 15) is 19.8 Å². The average molecular weight is 585 g/mol. The van der Waals surface area contributed by atoms with Crippen LogP contribution in [-0.4, -0.2) is 64.3 Å². The normalized spacial score (nSPS) is 21.8. The van der Waals surface area contributed by atoms with E-state index >= 15 is 0 Å². The molecule has 0 radical (unpaired) electrons. The third-order valence-electron chi connectivity index (χ3n) is 5.74. The standard InChI is InChI=1S/C24H20IN5O5/c25-17-16(11-31)35-24(19(17)32)29-13-28-18-20(29)26-12-27-21(18)30(22(33)14-7-3-1-4-8-14)23(34)15-9-5-2-6-10-15/h1-10,12-13,16-17,19,24,31-32H,11H2/t16-,17+,19-,24-/m1/s1. The number of aromatic nitrogens is 4. The van der Waals surface area contributed by atoms with Gasteiger partial charge in [-0.25, -0.2) is 19.9 Å². The third kappa shape index (κ3) is 4.20. The fraction of sp³-hybridized carbons (Fsp3) is 0.208. The lowest BCUT2D eigenvalue weighted by Crippen LogP contribution is -2.38.